The average Bonchev–Trinajstić information content (AvgIpc) is 2.38. The number of phenolic OH excluding ortho intramolecular Hbond substituents is 3. The van der Waals surface area contributed by atoms with Crippen molar-refractivity contribution < 1.29 is 20.1 Å². The van der Waals surface area contributed by atoms with E-state index >= 15 is 0 Å². The molecule has 0 saturated carbocycles. The Hall–Kier alpha value is -2.75. The molecule has 19 heavy (non-hydrogen) atoms. The Morgan fingerprint density at radius 3 is 2.37 bits per heavy atom. The van der Waals surface area contributed by atoms with Gasteiger partial charge in [-0.3, -0.25) is 4.79 Å². The molecular formula is C15H12O4. The smallest absolute Gasteiger partial charge is 0.189 e. The van der Waals surface area contributed by atoms with Crippen LogP contribution in [0, 0.1) is 0 Å². The zero-order valence-electron chi connectivity index (χ0n) is 9.95. The Bertz CT molecular complexity index is 644. The van der Waals surface area contributed by atoms with Gasteiger partial charge in [-0.1, -0.05) is 12.1 Å². The fourth-order valence-electron chi connectivity index (χ4n) is 1.61. The van der Waals surface area contributed by atoms with E-state index in [0.29, 0.717) is 5.56 Å². The van der Waals surface area contributed by atoms with Crippen LogP contribution in [-0.2, 0) is 0 Å². The number of allylic oxidation sites excluding steroid dienone is 1. The number of hydrogen-bond donors (Lipinski definition) is 3. The summed E-state index contributed by atoms with van der Waals surface area (Å²) >= 11 is 0. The van der Waals surface area contributed by atoms with Crippen molar-refractivity contribution in [2.75, 3.05) is 0 Å². The lowest BCUT2D eigenvalue weighted by Gasteiger charge is -2.01. The third-order valence-electron chi connectivity index (χ3n) is 2.60. The maximum absolute atomic E-state index is 11.8. The van der Waals surface area contributed by atoms with Crippen molar-refractivity contribution in [2.24, 2.45) is 0 Å². The Balaban J connectivity index is 2.24. The summed E-state index contributed by atoms with van der Waals surface area (Å²) in [5.41, 5.74) is 0.596. The SMILES string of the molecule is O=C(C=Cc1ccc(O)cc1O)c1ccccc1O. The van der Waals surface area contributed by atoms with E-state index in [0.717, 1.165) is 0 Å². The molecule has 0 saturated heterocycles. The van der Waals surface area contributed by atoms with Gasteiger partial charge in [0, 0.05) is 11.6 Å². The predicted molar refractivity (Wildman–Crippen MR) is 71.2 cm³/mol. The minimum absolute atomic E-state index is 0.0540. The summed E-state index contributed by atoms with van der Waals surface area (Å²) in [6.07, 6.45) is 2.67. The van der Waals surface area contributed by atoms with E-state index in [4.69, 9.17) is 5.11 Å². The third-order valence-corrected chi connectivity index (χ3v) is 2.60. The van der Waals surface area contributed by atoms with Crippen LogP contribution in [0.1, 0.15) is 15.9 Å². The van der Waals surface area contributed by atoms with Crippen LogP contribution in [0.25, 0.3) is 6.08 Å². The highest BCUT2D eigenvalue weighted by Crippen LogP contribution is 2.24. The molecular weight excluding hydrogens is 244 g/mol. The minimum Gasteiger partial charge on any atom is -0.508 e. The van der Waals surface area contributed by atoms with E-state index < -0.39 is 0 Å². The number of phenols is 3. The van der Waals surface area contributed by atoms with Crippen LogP contribution in [0.2, 0.25) is 0 Å². The van der Waals surface area contributed by atoms with E-state index in [1.165, 1.54) is 42.5 Å². The number of hydrogen-bond acceptors (Lipinski definition) is 4. The molecule has 0 radical (unpaired) electrons. The van der Waals surface area contributed by atoms with Gasteiger partial charge < -0.3 is 15.3 Å². The van der Waals surface area contributed by atoms with Crippen LogP contribution in [0.5, 0.6) is 17.2 Å². The summed E-state index contributed by atoms with van der Waals surface area (Å²) in [4.78, 5) is 11.8. The van der Waals surface area contributed by atoms with Crippen molar-refractivity contribution in [3.05, 3.63) is 59.7 Å². The lowest BCUT2D eigenvalue weighted by molar-refractivity contribution is 0.104. The van der Waals surface area contributed by atoms with Crippen LogP contribution < -0.4 is 0 Å². The molecule has 4 nitrogen and oxygen atoms in total. The fraction of sp³-hybridized carbons (Fsp3) is 0. The Kier molecular flexibility index (Phi) is 3.52. The first-order valence-corrected chi connectivity index (χ1v) is 5.60. The fourth-order valence-corrected chi connectivity index (χ4v) is 1.61. The van der Waals surface area contributed by atoms with Crippen molar-refractivity contribution >= 4 is 11.9 Å². The molecule has 0 aliphatic carbocycles. The van der Waals surface area contributed by atoms with Crippen molar-refractivity contribution in [3.63, 3.8) is 0 Å². The second-order valence-electron chi connectivity index (χ2n) is 3.96. The molecule has 2 aromatic rings. The Morgan fingerprint density at radius 2 is 1.68 bits per heavy atom. The van der Waals surface area contributed by atoms with Crippen molar-refractivity contribution in [3.8, 4) is 17.2 Å². The van der Waals surface area contributed by atoms with E-state index in [9.17, 15) is 15.0 Å². The molecule has 0 atom stereocenters. The lowest BCUT2D eigenvalue weighted by atomic mass is 10.1. The molecule has 4 heteroatoms. The maximum atomic E-state index is 11.8. The second-order valence-corrected chi connectivity index (χ2v) is 3.96. The predicted octanol–water partition coefficient (Wildman–Crippen LogP) is 2.70. The van der Waals surface area contributed by atoms with Gasteiger partial charge in [0.05, 0.1) is 5.56 Å². The van der Waals surface area contributed by atoms with Crippen LogP contribution in [-0.4, -0.2) is 21.1 Å². The second kappa shape index (κ2) is 5.27. The van der Waals surface area contributed by atoms with Gasteiger partial charge >= 0.3 is 0 Å². The standard InChI is InChI=1S/C15H12O4/c16-11-7-5-10(15(19)9-11)6-8-14(18)12-3-1-2-4-13(12)17/h1-9,16-17,19H. The number of ketones is 1. The first-order chi connectivity index (χ1) is 9.08. The number of carbonyl (C=O) groups excluding carboxylic acids is 1. The van der Waals surface area contributed by atoms with Crippen molar-refractivity contribution in [1.29, 1.82) is 0 Å². The van der Waals surface area contributed by atoms with Crippen LogP contribution in [0.3, 0.4) is 0 Å². The van der Waals surface area contributed by atoms with Gasteiger partial charge in [0.25, 0.3) is 0 Å². The molecule has 96 valence electrons. The number of carbonyl (C=O) groups is 1. The van der Waals surface area contributed by atoms with Crippen molar-refractivity contribution in [1.82, 2.24) is 0 Å². The zero-order chi connectivity index (χ0) is 13.8. The van der Waals surface area contributed by atoms with Crippen LogP contribution in [0.15, 0.2) is 48.5 Å². The topological polar surface area (TPSA) is 77.8 Å². The third kappa shape index (κ3) is 2.93. The highest BCUT2D eigenvalue weighted by molar-refractivity contribution is 6.08. The largest absolute Gasteiger partial charge is 0.508 e. The molecule has 0 amide bonds. The average molecular weight is 256 g/mol. The Labute approximate surface area is 109 Å². The van der Waals surface area contributed by atoms with Gasteiger partial charge in [0.15, 0.2) is 5.78 Å². The normalized spacial score (nSPS) is 10.7. The van der Waals surface area contributed by atoms with Gasteiger partial charge in [-0.2, -0.15) is 0 Å². The minimum atomic E-state index is -0.370. The highest BCUT2D eigenvalue weighted by Gasteiger charge is 2.07. The van der Waals surface area contributed by atoms with Gasteiger partial charge in [-0.05, 0) is 36.4 Å². The first-order valence-electron chi connectivity index (χ1n) is 5.60. The molecule has 0 aliphatic rings. The number of benzene rings is 2. The molecule has 0 bridgehead atoms. The molecule has 0 heterocycles. The summed E-state index contributed by atoms with van der Waals surface area (Å²) in [7, 11) is 0. The summed E-state index contributed by atoms with van der Waals surface area (Å²) in [6.45, 7) is 0. The molecule has 2 aromatic carbocycles. The van der Waals surface area contributed by atoms with Gasteiger partial charge in [0.1, 0.15) is 17.2 Å². The summed E-state index contributed by atoms with van der Waals surface area (Å²) in [6, 6.07) is 10.3. The zero-order valence-corrected chi connectivity index (χ0v) is 9.95. The lowest BCUT2D eigenvalue weighted by Crippen LogP contribution is -1.94. The summed E-state index contributed by atoms with van der Waals surface area (Å²) in [5.74, 6) is -0.638. The molecule has 3 N–H and O–H groups in total. The summed E-state index contributed by atoms with van der Waals surface area (Å²) < 4.78 is 0. The van der Waals surface area contributed by atoms with E-state index in [-0.39, 0.29) is 28.6 Å². The monoisotopic (exact) mass is 256 g/mol. The van der Waals surface area contributed by atoms with Gasteiger partial charge in [-0.25, -0.2) is 0 Å². The quantitative estimate of drug-likeness (QED) is 0.583. The Morgan fingerprint density at radius 1 is 0.947 bits per heavy atom. The molecule has 0 spiro atoms. The molecule has 0 fully saturated rings. The maximum Gasteiger partial charge on any atom is 0.189 e. The number of para-hydroxylation sites is 1. The first kappa shape index (κ1) is 12.7. The van der Waals surface area contributed by atoms with Crippen molar-refractivity contribution in [2.45, 2.75) is 0 Å². The van der Waals surface area contributed by atoms with Crippen LogP contribution in [0.4, 0.5) is 0 Å². The van der Waals surface area contributed by atoms with E-state index in [2.05, 4.69) is 0 Å². The van der Waals surface area contributed by atoms with Crippen LogP contribution >= 0.6 is 0 Å². The van der Waals surface area contributed by atoms with E-state index in [1.54, 1.807) is 12.1 Å². The van der Waals surface area contributed by atoms with E-state index in [1.807, 2.05) is 0 Å². The molecule has 0 aromatic heterocycles. The van der Waals surface area contributed by atoms with Gasteiger partial charge in [-0.15, -0.1) is 0 Å². The number of aromatic hydroxyl groups is 3. The number of rotatable bonds is 3. The highest BCUT2D eigenvalue weighted by atomic mass is 16.3. The summed E-state index contributed by atoms with van der Waals surface area (Å²) in [5, 5.41) is 28.2. The molecule has 2 rings (SSSR count). The molecule has 0 unspecified atom stereocenters. The molecule has 0 aliphatic heterocycles. The van der Waals surface area contributed by atoms with Gasteiger partial charge in [0.2, 0.25) is 0 Å².